The highest BCUT2D eigenvalue weighted by Crippen LogP contribution is 2.34. The van der Waals surface area contributed by atoms with Crippen LogP contribution < -0.4 is 10.5 Å². The first-order valence-electron chi connectivity index (χ1n) is 8.45. The number of aromatic nitrogens is 3. The number of hydrogen-bond acceptors (Lipinski definition) is 5. The Kier molecular flexibility index (Phi) is 5.12. The van der Waals surface area contributed by atoms with E-state index in [2.05, 4.69) is 9.97 Å². The van der Waals surface area contributed by atoms with Crippen LogP contribution in [-0.2, 0) is 12.8 Å². The van der Waals surface area contributed by atoms with Gasteiger partial charge in [0.25, 0.3) is 5.91 Å². The van der Waals surface area contributed by atoms with Crippen LogP contribution in [0.4, 0.5) is 13.2 Å². The number of amides is 1. The van der Waals surface area contributed by atoms with Gasteiger partial charge in [0, 0.05) is 10.6 Å². The van der Waals surface area contributed by atoms with Crippen molar-refractivity contribution >= 4 is 39.9 Å². The number of halogens is 4. The summed E-state index contributed by atoms with van der Waals surface area (Å²) in [7, 11) is 0. The molecule has 6 nitrogen and oxygen atoms in total. The second-order valence-corrected chi connectivity index (χ2v) is 7.60. The summed E-state index contributed by atoms with van der Waals surface area (Å²) in [5, 5.41) is 0.795. The highest BCUT2D eigenvalue weighted by atomic mass is 35.5. The molecule has 0 aliphatic carbocycles. The summed E-state index contributed by atoms with van der Waals surface area (Å²) in [5.74, 6) is -0.955. The fraction of sp³-hybridized carbons (Fsp3) is 0.105. The molecule has 0 saturated heterocycles. The fourth-order valence-corrected chi connectivity index (χ4v) is 3.87. The third kappa shape index (κ3) is 3.83. The molecule has 0 bridgehead atoms. The second-order valence-electron chi connectivity index (χ2n) is 6.19. The van der Waals surface area contributed by atoms with Gasteiger partial charge < -0.3 is 10.5 Å². The number of nitrogens with two attached hydrogens (primary N) is 1. The molecule has 1 amide bonds. The van der Waals surface area contributed by atoms with Crippen LogP contribution in [0.5, 0.6) is 5.88 Å². The molecule has 0 atom stereocenters. The Morgan fingerprint density at radius 2 is 2.00 bits per heavy atom. The molecule has 11 heteroatoms. The van der Waals surface area contributed by atoms with Gasteiger partial charge in [-0.05, 0) is 24.3 Å². The second kappa shape index (κ2) is 7.62. The maximum atomic E-state index is 13.2. The van der Waals surface area contributed by atoms with Gasteiger partial charge in [-0.15, -0.1) is 0 Å². The van der Waals surface area contributed by atoms with Gasteiger partial charge in [-0.25, -0.2) is 4.98 Å². The number of alkyl halides is 3. The van der Waals surface area contributed by atoms with Gasteiger partial charge in [0.15, 0.2) is 10.0 Å². The first-order chi connectivity index (χ1) is 14.2. The van der Waals surface area contributed by atoms with Crippen molar-refractivity contribution in [1.29, 1.82) is 0 Å². The summed E-state index contributed by atoms with van der Waals surface area (Å²) in [6.07, 6.45) is -3.04. The Morgan fingerprint density at radius 3 is 2.73 bits per heavy atom. The first kappa shape index (κ1) is 20.2. The smallest absolute Gasteiger partial charge is 0.416 e. The van der Waals surface area contributed by atoms with Crippen molar-refractivity contribution in [2.75, 3.05) is 0 Å². The van der Waals surface area contributed by atoms with Gasteiger partial charge in [-0.3, -0.25) is 9.36 Å². The van der Waals surface area contributed by atoms with Crippen LogP contribution in [0.2, 0.25) is 5.02 Å². The van der Waals surface area contributed by atoms with Crippen LogP contribution >= 0.6 is 22.9 Å². The summed E-state index contributed by atoms with van der Waals surface area (Å²) in [6, 6.07) is 10.1. The summed E-state index contributed by atoms with van der Waals surface area (Å²) < 4.78 is 46.6. The van der Waals surface area contributed by atoms with Crippen molar-refractivity contribution in [1.82, 2.24) is 14.5 Å². The van der Waals surface area contributed by atoms with Crippen molar-refractivity contribution in [3.8, 4) is 11.0 Å². The Balaban J connectivity index is 1.69. The minimum Gasteiger partial charge on any atom is -0.472 e. The molecule has 2 aromatic carbocycles. The molecule has 2 heterocycles. The zero-order valence-corrected chi connectivity index (χ0v) is 16.6. The van der Waals surface area contributed by atoms with Crippen LogP contribution in [0, 0.1) is 0 Å². The third-order valence-electron chi connectivity index (χ3n) is 4.21. The molecule has 0 fully saturated rings. The van der Waals surface area contributed by atoms with E-state index in [-0.39, 0.29) is 16.3 Å². The van der Waals surface area contributed by atoms with Crippen LogP contribution in [0.3, 0.4) is 0 Å². The molecule has 0 spiro atoms. The summed E-state index contributed by atoms with van der Waals surface area (Å²) in [6.45, 7) is -0.435. The number of fused-ring (bicyclic) bond motifs is 1. The minimum atomic E-state index is -4.53. The Labute approximate surface area is 176 Å². The number of hydrogen-bond donors (Lipinski definition) is 1. The Bertz CT molecular complexity index is 1250. The molecule has 4 aromatic rings. The van der Waals surface area contributed by atoms with Crippen LogP contribution in [0.15, 0.2) is 48.8 Å². The van der Waals surface area contributed by atoms with Crippen molar-refractivity contribution < 1.29 is 22.7 Å². The van der Waals surface area contributed by atoms with E-state index in [1.54, 1.807) is 22.8 Å². The fourth-order valence-electron chi connectivity index (χ4n) is 2.85. The number of carbonyl (C=O) groups is 1. The monoisotopic (exact) mass is 452 g/mol. The van der Waals surface area contributed by atoms with Gasteiger partial charge in [-0.2, -0.15) is 18.2 Å². The number of benzene rings is 2. The minimum absolute atomic E-state index is 0.0154. The van der Waals surface area contributed by atoms with Crippen LogP contribution in [0.1, 0.15) is 20.8 Å². The van der Waals surface area contributed by atoms with Crippen molar-refractivity contribution in [3.05, 3.63) is 69.8 Å². The lowest BCUT2D eigenvalue weighted by atomic mass is 10.1. The zero-order valence-electron chi connectivity index (χ0n) is 15.0. The summed E-state index contributed by atoms with van der Waals surface area (Å²) in [5.41, 5.74) is 5.79. The van der Waals surface area contributed by atoms with E-state index >= 15 is 0 Å². The maximum Gasteiger partial charge on any atom is 0.416 e. The highest BCUT2D eigenvalue weighted by Gasteiger charge is 2.33. The van der Waals surface area contributed by atoms with Gasteiger partial charge >= 0.3 is 6.18 Å². The van der Waals surface area contributed by atoms with E-state index in [1.807, 2.05) is 0 Å². The van der Waals surface area contributed by atoms with Crippen LogP contribution in [0.25, 0.3) is 16.2 Å². The van der Waals surface area contributed by atoms with E-state index in [0.717, 1.165) is 17.4 Å². The third-order valence-corrected chi connectivity index (χ3v) is 5.50. The Hall–Kier alpha value is -3.11. The molecule has 4 rings (SSSR count). The molecule has 0 aliphatic heterocycles. The summed E-state index contributed by atoms with van der Waals surface area (Å²) >= 11 is 6.98. The number of nitrogens with zero attached hydrogens (tertiary/aromatic N) is 3. The SMILES string of the molecule is NC(=O)c1sc(-n2cnc3ccc(Cl)cc32)nc1OCc1ccccc1C(F)(F)F. The van der Waals surface area contributed by atoms with Crippen molar-refractivity contribution in [2.24, 2.45) is 5.73 Å². The number of ether oxygens (including phenoxy) is 1. The van der Waals surface area contributed by atoms with Gasteiger partial charge in [0.2, 0.25) is 5.88 Å². The molecule has 2 N–H and O–H groups in total. The van der Waals surface area contributed by atoms with Gasteiger partial charge in [0.05, 0.1) is 16.6 Å². The quantitative estimate of drug-likeness (QED) is 0.470. The number of rotatable bonds is 5. The molecular formula is C19H12ClF3N4O2S. The first-order valence-corrected chi connectivity index (χ1v) is 9.65. The Morgan fingerprint density at radius 1 is 1.23 bits per heavy atom. The molecular weight excluding hydrogens is 441 g/mol. The van der Waals surface area contributed by atoms with E-state index in [0.29, 0.717) is 21.2 Å². The van der Waals surface area contributed by atoms with E-state index in [1.165, 1.54) is 24.5 Å². The topological polar surface area (TPSA) is 83.0 Å². The van der Waals surface area contributed by atoms with Gasteiger partial charge in [0.1, 0.15) is 12.9 Å². The molecule has 30 heavy (non-hydrogen) atoms. The van der Waals surface area contributed by atoms with E-state index in [9.17, 15) is 18.0 Å². The van der Waals surface area contributed by atoms with Crippen molar-refractivity contribution in [2.45, 2.75) is 12.8 Å². The molecule has 0 radical (unpaired) electrons. The van der Waals surface area contributed by atoms with E-state index in [4.69, 9.17) is 22.1 Å². The largest absolute Gasteiger partial charge is 0.472 e. The standard InChI is InChI=1S/C19H12ClF3N4O2S/c20-11-5-6-13-14(7-11)27(9-25-13)18-26-17(15(30-18)16(24)28)29-8-10-3-1-2-4-12(10)19(21,22)23/h1-7,9H,8H2,(H2,24,28). The average Bonchev–Trinajstić information content (AvgIpc) is 3.29. The van der Waals surface area contributed by atoms with Gasteiger partial charge in [-0.1, -0.05) is 41.1 Å². The molecule has 0 saturated carbocycles. The molecule has 2 aromatic heterocycles. The molecule has 154 valence electrons. The zero-order chi connectivity index (χ0) is 21.5. The molecule has 0 unspecified atom stereocenters. The number of imidazole rings is 1. The lowest BCUT2D eigenvalue weighted by Crippen LogP contribution is -2.13. The van der Waals surface area contributed by atoms with E-state index < -0.39 is 24.3 Å². The maximum absolute atomic E-state index is 13.2. The number of carbonyl (C=O) groups excluding carboxylic acids is 1. The normalized spacial score (nSPS) is 11.7. The highest BCUT2D eigenvalue weighted by molar-refractivity contribution is 7.16. The lowest BCUT2D eigenvalue weighted by molar-refractivity contribution is -0.138. The lowest BCUT2D eigenvalue weighted by Gasteiger charge is -2.12. The number of primary amides is 1. The number of thiazole rings is 1. The van der Waals surface area contributed by atoms with Crippen molar-refractivity contribution in [3.63, 3.8) is 0 Å². The summed E-state index contributed by atoms with van der Waals surface area (Å²) in [4.78, 5) is 20.3. The average molecular weight is 453 g/mol. The van der Waals surface area contributed by atoms with Crippen LogP contribution in [-0.4, -0.2) is 20.4 Å². The molecule has 0 aliphatic rings. The predicted molar refractivity (Wildman–Crippen MR) is 106 cm³/mol. The predicted octanol–water partition coefficient (Wildman–Crippen LogP) is 4.83.